The molecule has 0 radical (unpaired) electrons. The number of nitrogens with zero attached hydrogens (tertiary/aromatic N) is 3. The van der Waals surface area contributed by atoms with Crippen molar-refractivity contribution in [3.8, 4) is 0 Å². The molecule has 0 saturated heterocycles. The fourth-order valence-electron chi connectivity index (χ4n) is 2.41. The smallest absolute Gasteiger partial charge is 0.261 e. The van der Waals surface area contributed by atoms with Crippen LogP contribution in [0, 0.1) is 0 Å². The van der Waals surface area contributed by atoms with Crippen LogP contribution in [0.3, 0.4) is 0 Å². The van der Waals surface area contributed by atoms with Gasteiger partial charge in [-0.3, -0.25) is 19.1 Å². The zero-order valence-corrected chi connectivity index (χ0v) is 14.8. The molecule has 0 saturated carbocycles. The maximum atomic E-state index is 12.5. The van der Waals surface area contributed by atoms with Crippen molar-refractivity contribution in [3.05, 3.63) is 59.1 Å². The molecular weight excluding hydrogens is 336 g/mol. The lowest BCUT2D eigenvalue weighted by molar-refractivity contribution is -0.115. The lowest BCUT2D eigenvalue weighted by atomic mass is 10.2. The Morgan fingerprint density at radius 2 is 2.08 bits per heavy atom. The van der Waals surface area contributed by atoms with Gasteiger partial charge in [0.1, 0.15) is 0 Å². The summed E-state index contributed by atoms with van der Waals surface area (Å²) in [4.78, 5) is 33.5. The maximum absolute atomic E-state index is 12.5. The third-order valence-corrected chi connectivity index (χ3v) is 5.19. The second kappa shape index (κ2) is 7.48. The van der Waals surface area contributed by atoms with Crippen LogP contribution in [-0.4, -0.2) is 25.7 Å². The number of rotatable bonds is 5. The molecule has 0 spiro atoms. The Hall–Kier alpha value is -2.67. The van der Waals surface area contributed by atoms with Crippen LogP contribution >= 0.6 is 11.8 Å². The van der Waals surface area contributed by atoms with Crippen LogP contribution in [0.5, 0.6) is 0 Å². The number of pyridine rings is 1. The minimum atomic E-state index is -0.362. The minimum Gasteiger partial charge on any atom is -0.324 e. The van der Waals surface area contributed by atoms with Gasteiger partial charge in [-0.2, -0.15) is 0 Å². The highest BCUT2D eigenvalue weighted by Gasteiger charge is 2.21. The van der Waals surface area contributed by atoms with Crippen molar-refractivity contribution in [1.82, 2.24) is 14.5 Å². The summed E-state index contributed by atoms with van der Waals surface area (Å²) in [5, 5.41) is 3.58. The number of thioether (sulfide) groups is 1. The molecule has 25 heavy (non-hydrogen) atoms. The third-order valence-electron chi connectivity index (χ3n) is 3.78. The van der Waals surface area contributed by atoms with Gasteiger partial charge in [-0.1, -0.05) is 30.8 Å². The zero-order chi connectivity index (χ0) is 17.8. The normalized spacial score (nSPS) is 12.1. The Morgan fingerprint density at radius 3 is 2.80 bits per heavy atom. The summed E-state index contributed by atoms with van der Waals surface area (Å²) in [7, 11) is 1.68. The van der Waals surface area contributed by atoms with Gasteiger partial charge in [-0.25, -0.2) is 4.98 Å². The van der Waals surface area contributed by atoms with Crippen LogP contribution in [0.1, 0.15) is 13.3 Å². The van der Waals surface area contributed by atoms with E-state index in [0.29, 0.717) is 28.2 Å². The molecule has 0 bridgehead atoms. The number of carbonyl (C=O) groups is 1. The number of hydrogen-bond donors (Lipinski definition) is 1. The number of benzene rings is 1. The van der Waals surface area contributed by atoms with Crippen LogP contribution in [-0.2, 0) is 11.8 Å². The number of anilines is 1. The minimum absolute atomic E-state index is 0.115. The molecule has 0 fully saturated rings. The first-order valence-corrected chi connectivity index (χ1v) is 8.81. The highest BCUT2D eigenvalue weighted by Crippen LogP contribution is 2.25. The summed E-state index contributed by atoms with van der Waals surface area (Å²) in [5.74, 6) is -0.136. The molecule has 3 aromatic rings. The summed E-state index contributed by atoms with van der Waals surface area (Å²) in [6.45, 7) is 1.93. The van der Waals surface area contributed by atoms with Gasteiger partial charge >= 0.3 is 0 Å². The highest BCUT2D eigenvalue weighted by molar-refractivity contribution is 8.00. The average molecular weight is 354 g/mol. The Balaban J connectivity index is 1.86. The average Bonchev–Trinajstić information content (AvgIpc) is 2.64. The predicted molar refractivity (Wildman–Crippen MR) is 99.8 cm³/mol. The third kappa shape index (κ3) is 3.71. The second-order valence-electron chi connectivity index (χ2n) is 5.52. The van der Waals surface area contributed by atoms with Crippen LogP contribution in [0.2, 0.25) is 0 Å². The number of fused-ring (bicyclic) bond motifs is 1. The lowest BCUT2D eigenvalue weighted by Crippen LogP contribution is -2.27. The fourth-order valence-corrected chi connectivity index (χ4v) is 3.39. The van der Waals surface area contributed by atoms with Gasteiger partial charge in [0, 0.05) is 13.2 Å². The molecule has 1 unspecified atom stereocenters. The van der Waals surface area contributed by atoms with Crippen LogP contribution in [0.25, 0.3) is 10.9 Å². The molecule has 1 atom stereocenters. The largest absolute Gasteiger partial charge is 0.324 e. The standard InChI is InChI=1S/C18H18N4O2S/c1-3-15(16(23)20-12-7-6-10-19-11-12)25-18-21-14-9-5-4-8-13(14)17(24)22(18)2/h4-11,15H,3H2,1-2H3,(H,20,23). The van der Waals surface area contributed by atoms with E-state index in [0.717, 1.165) is 0 Å². The van der Waals surface area contributed by atoms with E-state index in [9.17, 15) is 9.59 Å². The van der Waals surface area contributed by atoms with Crippen molar-refractivity contribution < 1.29 is 4.79 Å². The molecule has 0 aliphatic carbocycles. The Labute approximate surface area is 149 Å². The van der Waals surface area contributed by atoms with E-state index in [1.54, 1.807) is 43.7 Å². The van der Waals surface area contributed by atoms with Crippen LogP contribution < -0.4 is 10.9 Å². The molecule has 0 aliphatic heterocycles. The first-order valence-electron chi connectivity index (χ1n) is 7.93. The Morgan fingerprint density at radius 1 is 1.28 bits per heavy atom. The van der Waals surface area contributed by atoms with Gasteiger partial charge in [0.25, 0.3) is 5.56 Å². The first-order chi connectivity index (χ1) is 12.1. The summed E-state index contributed by atoms with van der Waals surface area (Å²) in [6, 6.07) is 10.8. The zero-order valence-electron chi connectivity index (χ0n) is 14.0. The maximum Gasteiger partial charge on any atom is 0.261 e. The highest BCUT2D eigenvalue weighted by atomic mass is 32.2. The van der Waals surface area contributed by atoms with Crippen molar-refractivity contribution in [2.24, 2.45) is 7.05 Å². The summed E-state index contributed by atoms with van der Waals surface area (Å²) < 4.78 is 1.49. The fraction of sp³-hybridized carbons (Fsp3) is 0.222. The number of hydrogen-bond acceptors (Lipinski definition) is 5. The SMILES string of the molecule is CCC(Sc1nc2ccccc2c(=O)n1C)C(=O)Nc1cccnc1. The summed E-state index contributed by atoms with van der Waals surface area (Å²) >= 11 is 1.29. The van der Waals surface area contributed by atoms with E-state index in [1.165, 1.54) is 16.3 Å². The molecule has 1 amide bonds. The van der Waals surface area contributed by atoms with Gasteiger partial charge in [0.05, 0.1) is 28.0 Å². The number of carbonyl (C=O) groups excluding carboxylic acids is 1. The van der Waals surface area contributed by atoms with E-state index in [2.05, 4.69) is 15.3 Å². The van der Waals surface area contributed by atoms with Gasteiger partial charge in [-0.05, 0) is 30.7 Å². The van der Waals surface area contributed by atoms with E-state index in [-0.39, 0.29) is 16.7 Å². The molecule has 2 heterocycles. The molecule has 0 aliphatic rings. The molecular formula is C18H18N4O2S. The number of nitrogens with one attached hydrogen (secondary N) is 1. The van der Waals surface area contributed by atoms with Gasteiger partial charge in [0.15, 0.2) is 5.16 Å². The molecule has 1 N–H and O–H groups in total. The van der Waals surface area contributed by atoms with Crippen molar-refractivity contribution in [2.75, 3.05) is 5.32 Å². The number of amides is 1. The molecule has 1 aromatic carbocycles. The van der Waals surface area contributed by atoms with Gasteiger partial charge in [0.2, 0.25) is 5.91 Å². The second-order valence-corrected chi connectivity index (χ2v) is 6.69. The monoisotopic (exact) mass is 354 g/mol. The number of para-hydroxylation sites is 1. The summed E-state index contributed by atoms with van der Waals surface area (Å²) in [6.07, 6.45) is 3.86. The molecule has 6 nitrogen and oxygen atoms in total. The van der Waals surface area contributed by atoms with E-state index in [1.807, 2.05) is 19.1 Å². The quantitative estimate of drug-likeness (QED) is 0.563. The van der Waals surface area contributed by atoms with Crippen molar-refractivity contribution in [3.63, 3.8) is 0 Å². The van der Waals surface area contributed by atoms with E-state index >= 15 is 0 Å². The van der Waals surface area contributed by atoms with Gasteiger partial charge < -0.3 is 5.32 Å². The lowest BCUT2D eigenvalue weighted by Gasteiger charge is -2.16. The first kappa shape index (κ1) is 17.2. The molecule has 2 aromatic heterocycles. The Kier molecular flexibility index (Phi) is 5.14. The summed E-state index contributed by atoms with van der Waals surface area (Å²) in [5.41, 5.74) is 1.16. The topological polar surface area (TPSA) is 76.9 Å². The predicted octanol–water partition coefficient (Wildman–Crippen LogP) is 2.84. The van der Waals surface area contributed by atoms with Crippen molar-refractivity contribution in [1.29, 1.82) is 0 Å². The van der Waals surface area contributed by atoms with Crippen LogP contribution in [0.4, 0.5) is 5.69 Å². The number of aromatic nitrogens is 3. The van der Waals surface area contributed by atoms with E-state index < -0.39 is 0 Å². The Bertz CT molecular complexity index is 956. The van der Waals surface area contributed by atoms with Gasteiger partial charge in [-0.15, -0.1) is 0 Å². The molecule has 7 heteroatoms. The van der Waals surface area contributed by atoms with Crippen LogP contribution in [0.15, 0.2) is 58.7 Å². The molecule has 128 valence electrons. The van der Waals surface area contributed by atoms with Crippen molar-refractivity contribution >= 4 is 34.3 Å². The van der Waals surface area contributed by atoms with Crippen molar-refractivity contribution in [2.45, 2.75) is 23.8 Å². The molecule has 3 rings (SSSR count). The van der Waals surface area contributed by atoms with E-state index in [4.69, 9.17) is 0 Å².